The zero-order valence-electron chi connectivity index (χ0n) is 15.9. The van der Waals surface area contributed by atoms with Crippen LogP contribution in [0.4, 0.5) is 0 Å². The second kappa shape index (κ2) is 11.9. The fraction of sp³-hybridized carbons (Fsp3) is 0.950. The van der Waals surface area contributed by atoms with E-state index >= 15 is 0 Å². The molecule has 0 aromatic heterocycles. The van der Waals surface area contributed by atoms with Crippen molar-refractivity contribution in [1.29, 1.82) is 0 Å². The molecule has 0 bridgehead atoms. The Morgan fingerprint density at radius 1 is 1.04 bits per heavy atom. The number of carbonyl (C=O) groups is 1. The molecule has 0 spiro atoms. The van der Waals surface area contributed by atoms with Crippen molar-refractivity contribution in [3.8, 4) is 0 Å². The summed E-state index contributed by atoms with van der Waals surface area (Å²) in [6.45, 7) is 4.03. The van der Waals surface area contributed by atoms with Crippen molar-refractivity contribution >= 4 is 5.91 Å². The van der Waals surface area contributed by atoms with Gasteiger partial charge in [0.2, 0.25) is 5.91 Å². The molecule has 1 saturated carbocycles. The Morgan fingerprint density at radius 3 is 2.04 bits per heavy atom. The van der Waals surface area contributed by atoms with Crippen LogP contribution in [0.2, 0.25) is 0 Å². The van der Waals surface area contributed by atoms with Crippen LogP contribution in [0, 0.1) is 11.3 Å². The van der Waals surface area contributed by atoms with E-state index in [-0.39, 0.29) is 24.5 Å². The number of rotatable bonds is 12. The first kappa shape index (κ1) is 21.4. The number of aliphatic hydroxyl groups is 2. The number of aliphatic hydroxyl groups excluding tert-OH is 2. The normalized spacial score (nSPS) is 16.5. The van der Waals surface area contributed by atoms with Crippen molar-refractivity contribution in [2.45, 2.75) is 96.9 Å². The molecule has 0 aromatic rings. The lowest BCUT2D eigenvalue weighted by Crippen LogP contribution is -2.44. The molecule has 0 radical (unpaired) electrons. The lowest BCUT2D eigenvalue weighted by Gasteiger charge is -2.43. The molecule has 0 unspecified atom stereocenters. The van der Waals surface area contributed by atoms with Crippen molar-refractivity contribution in [3.63, 3.8) is 0 Å². The van der Waals surface area contributed by atoms with E-state index in [1.165, 1.54) is 44.9 Å². The largest absolute Gasteiger partial charge is 0.394 e. The molecule has 142 valence electrons. The zero-order chi connectivity index (χ0) is 17.8. The van der Waals surface area contributed by atoms with Crippen molar-refractivity contribution in [3.05, 3.63) is 0 Å². The Labute approximate surface area is 148 Å². The third kappa shape index (κ3) is 6.72. The number of hydrogen-bond donors (Lipinski definition) is 3. The second-order valence-electron chi connectivity index (χ2n) is 7.71. The van der Waals surface area contributed by atoms with Crippen LogP contribution in [0.5, 0.6) is 0 Å². The topological polar surface area (TPSA) is 69.6 Å². The highest BCUT2D eigenvalue weighted by molar-refractivity contribution is 5.77. The first-order chi connectivity index (χ1) is 11.6. The van der Waals surface area contributed by atoms with Gasteiger partial charge >= 0.3 is 0 Å². The van der Waals surface area contributed by atoms with Gasteiger partial charge < -0.3 is 15.5 Å². The van der Waals surface area contributed by atoms with E-state index in [0.717, 1.165) is 25.7 Å². The van der Waals surface area contributed by atoms with E-state index in [1.54, 1.807) is 0 Å². The molecule has 0 heterocycles. The van der Waals surface area contributed by atoms with Crippen LogP contribution in [0.1, 0.15) is 90.9 Å². The summed E-state index contributed by atoms with van der Waals surface area (Å²) in [5.74, 6) is 0.651. The summed E-state index contributed by atoms with van der Waals surface area (Å²) in [4.78, 5) is 12.6. The highest BCUT2D eigenvalue weighted by Crippen LogP contribution is 2.48. The van der Waals surface area contributed by atoms with Crippen LogP contribution < -0.4 is 5.32 Å². The minimum Gasteiger partial charge on any atom is -0.394 e. The molecule has 4 nitrogen and oxygen atoms in total. The third-order valence-corrected chi connectivity index (χ3v) is 5.85. The van der Waals surface area contributed by atoms with Crippen LogP contribution in [-0.2, 0) is 4.79 Å². The number of nitrogens with one attached hydrogen (secondary N) is 1. The van der Waals surface area contributed by atoms with Crippen LogP contribution >= 0.6 is 0 Å². The minimum absolute atomic E-state index is 0.000814. The highest BCUT2D eigenvalue weighted by atomic mass is 16.3. The van der Waals surface area contributed by atoms with Crippen molar-refractivity contribution in [2.24, 2.45) is 11.3 Å². The molecular weight excluding hydrogens is 302 g/mol. The van der Waals surface area contributed by atoms with E-state index < -0.39 is 6.04 Å². The van der Waals surface area contributed by atoms with Gasteiger partial charge in [-0.15, -0.1) is 0 Å². The van der Waals surface area contributed by atoms with Crippen molar-refractivity contribution < 1.29 is 15.0 Å². The van der Waals surface area contributed by atoms with Crippen LogP contribution in [-0.4, -0.2) is 35.4 Å². The fourth-order valence-electron chi connectivity index (χ4n) is 4.37. The third-order valence-electron chi connectivity index (χ3n) is 5.85. The lowest BCUT2D eigenvalue weighted by molar-refractivity contribution is -0.126. The Morgan fingerprint density at radius 2 is 1.58 bits per heavy atom. The average molecular weight is 342 g/mol. The van der Waals surface area contributed by atoms with E-state index in [2.05, 4.69) is 19.2 Å². The Hall–Kier alpha value is -0.610. The molecule has 4 heteroatoms. The predicted molar refractivity (Wildman–Crippen MR) is 98.8 cm³/mol. The van der Waals surface area contributed by atoms with Crippen molar-refractivity contribution in [2.75, 3.05) is 13.2 Å². The van der Waals surface area contributed by atoms with E-state index in [4.69, 9.17) is 0 Å². The molecule has 0 saturated heterocycles. The number of hydrogen-bond acceptors (Lipinski definition) is 3. The summed E-state index contributed by atoms with van der Waals surface area (Å²) >= 11 is 0. The van der Waals surface area contributed by atoms with E-state index in [9.17, 15) is 15.0 Å². The molecule has 0 atom stereocenters. The van der Waals surface area contributed by atoms with E-state index in [0.29, 0.717) is 12.3 Å². The molecular formula is C20H39NO3. The quantitative estimate of drug-likeness (QED) is 0.506. The van der Waals surface area contributed by atoms with Crippen molar-refractivity contribution in [1.82, 2.24) is 5.32 Å². The highest BCUT2D eigenvalue weighted by Gasteiger charge is 2.39. The SMILES string of the molecule is CCCCC(CCCC)(CC(=O)NC(CO)CO)C1CCCCC1. The van der Waals surface area contributed by atoms with Crippen LogP contribution in [0.15, 0.2) is 0 Å². The summed E-state index contributed by atoms with van der Waals surface area (Å²) in [6.07, 6.45) is 13.9. The summed E-state index contributed by atoms with van der Waals surface area (Å²) < 4.78 is 0. The van der Waals surface area contributed by atoms with Gasteiger partial charge in [0.1, 0.15) is 0 Å². The number of unbranched alkanes of at least 4 members (excludes halogenated alkanes) is 2. The maximum atomic E-state index is 12.6. The Bertz CT molecular complexity index is 328. The van der Waals surface area contributed by atoms with Gasteiger partial charge in [-0.25, -0.2) is 0 Å². The molecule has 0 aromatic carbocycles. The standard InChI is InChI=1S/C20H39NO3/c1-3-5-12-20(13-6-4-2,17-10-8-7-9-11-17)14-19(24)21-18(15-22)16-23/h17-18,22-23H,3-16H2,1-2H3,(H,21,24). The molecule has 0 aliphatic heterocycles. The van der Waals surface area contributed by atoms with Gasteiger partial charge in [0.25, 0.3) is 0 Å². The maximum Gasteiger partial charge on any atom is 0.220 e. The number of carbonyl (C=O) groups excluding carboxylic acids is 1. The second-order valence-corrected chi connectivity index (χ2v) is 7.71. The maximum absolute atomic E-state index is 12.6. The fourth-order valence-corrected chi connectivity index (χ4v) is 4.37. The van der Waals surface area contributed by atoms with E-state index in [1.807, 2.05) is 0 Å². The summed E-state index contributed by atoms with van der Waals surface area (Å²) in [5, 5.41) is 21.3. The van der Waals surface area contributed by atoms with Gasteiger partial charge in [0.05, 0.1) is 19.3 Å². The molecule has 1 aliphatic carbocycles. The molecule has 1 fully saturated rings. The molecule has 3 N–H and O–H groups in total. The predicted octanol–water partition coefficient (Wildman–Crippen LogP) is 3.79. The Kier molecular flexibility index (Phi) is 10.6. The average Bonchev–Trinajstić information content (AvgIpc) is 2.62. The monoisotopic (exact) mass is 341 g/mol. The van der Waals surface area contributed by atoms with Crippen LogP contribution in [0.25, 0.3) is 0 Å². The lowest BCUT2D eigenvalue weighted by atomic mass is 9.62. The molecule has 1 aliphatic rings. The first-order valence-electron chi connectivity index (χ1n) is 10.1. The van der Waals surface area contributed by atoms with Gasteiger partial charge in [-0.3, -0.25) is 4.79 Å². The minimum atomic E-state index is -0.529. The van der Waals surface area contributed by atoms with Gasteiger partial charge in [0.15, 0.2) is 0 Å². The van der Waals surface area contributed by atoms with Gasteiger partial charge in [-0.1, -0.05) is 58.8 Å². The summed E-state index contributed by atoms with van der Waals surface area (Å²) in [7, 11) is 0. The molecule has 1 rings (SSSR count). The van der Waals surface area contributed by atoms with Gasteiger partial charge in [-0.2, -0.15) is 0 Å². The van der Waals surface area contributed by atoms with Gasteiger partial charge in [0, 0.05) is 6.42 Å². The zero-order valence-corrected chi connectivity index (χ0v) is 15.9. The summed E-state index contributed by atoms with van der Waals surface area (Å²) in [6, 6.07) is -0.529. The molecule has 24 heavy (non-hydrogen) atoms. The van der Waals surface area contributed by atoms with Gasteiger partial charge in [-0.05, 0) is 37.0 Å². The first-order valence-corrected chi connectivity index (χ1v) is 10.1. The van der Waals surface area contributed by atoms with Crippen LogP contribution in [0.3, 0.4) is 0 Å². The summed E-state index contributed by atoms with van der Waals surface area (Å²) in [5.41, 5.74) is 0.103. The molecule has 1 amide bonds. The smallest absolute Gasteiger partial charge is 0.220 e. The number of amides is 1. The Balaban J connectivity index is 2.87.